The maximum absolute atomic E-state index is 12.1. The molecule has 9 heteroatoms. The SMILES string of the molecule is O=C(O)C1CCN(S(=O)(=O)NCCc2ccc(Cl)s2)CC1. The molecule has 0 unspecified atom stereocenters. The van der Waals surface area contributed by atoms with Crippen molar-refractivity contribution in [2.24, 2.45) is 5.92 Å². The number of aliphatic carboxylic acids is 1. The molecule has 0 aliphatic carbocycles. The van der Waals surface area contributed by atoms with E-state index in [4.69, 9.17) is 16.7 Å². The Kier molecular flexibility index (Phi) is 5.61. The van der Waals surface area contributed by atoms with Gasteiger partial charge in [-0.1, -0.05) is 11.6 Å². The lowest BCUT2D eigenvalue weighted by Crippen LogP contribution is -2.46. The third kappa shape index (κ3) is 4.65. The summed E-state index contributed by atoms with van der Waals surface area (Å²) in [6.45, 7) is 0.798. The predicted molar refractivity (Wildman–Crippen MR) is 81.9 cm³/mol. The van der Waals surface area contributed by atoms with Crippen LogP contribution in [-0.2, 0) is 21.4 Å². The van der Waals surface area contributed by atoms with E-state index in [0.717, 1.165) is 4.88 Å². The second kappa shape index (κ2) is 7.06. The zero-order valence-electron chi connectivity index (χ0n) is 11.3. The summed E-state index contributed by atoms with van der Waals surface area (Å²) in [6, 6.07) is 3.66. The normalized spacial score (nSPS) is 18.0. The van der Waals surface area contributed by atoms with Crippen molar-refractivity contribution < 1.29 is 18.3 Å². The van der Waals surface area contributed by atoms with Gasteiger partial charge in [0.25, 0.3) is 10.2 Å². The number of halogens is 1. The van der Waals surface area contributed by atoms with Crippen molar-refractivity contribution in [2.45, 2.75) is 19.3 Å². The number of hydrogen-bond donors (Lipinski definition) is 2. The van der Waals surface area contributed by atoms with E-state index in [1.165, 1.54) is 15.6 Å². The summed E-state index contributed by atoms with van der Waals surface area (Å²) in [5.74, 6) is -1.29. The van der Waals surface area contributed by atoms with E-state index in [1.54, 1.807) is 6.07 Å². The fraction of sp³-hybridized carbons (Fsp3) is 0.583. The van der Waals surface area contributed by atoms with E-state index >= 15 is 0 Å². The predicted octanol–water partition coefficient (Wildman–Crippen LogP) is 1.58. The lowest BCUT2D eigenvalue weighted by molar-refractivity contribution is -0.142. The minimum absolute atomic E-state index is 0.247. The van der Waals surface area contributed by atoms with Crippen LogP contribution in [0.25, 0.3) is 0 Å². The van der Waals surface area contributed by atoms with E-state index in [9.17, 15) is 13.2 Å². The van der Waals surface area contributed by atoms with E-state index in [-0.39, 0.29) is 13.1 Å². The van der Waals surface area contributed by atoms with Gasteiger partial charge in [-0.15, -0.1) is 11.3 Å². The maximum Gasteiger partial charge on any atom is 0.306 e. The molecule has 0 spiro atoms. The Balaban J connectivity index is 1.81. The van der Waals surface area contributed by atoms with Crippen LogP contribution in [0.2, 0.25) is 4.34 Å². The van der Waals surface area contributed by atoms with E-state index in [0.29, 0.717) is 30.1 Å². The standard InChI is InChI=1S/C12H17ClN2O4S2/c13-11-2-1-10(20-11)3-6-14-21(18,19)15-7-4-9(5-8-15)12(16)17/h1-2,9,14H,3-8H2,(H,16,17). The molecule has 2 heterocycles. The third-order valence-corrected chi connectivity index (χ3v) is 6.33. The molecular weight excluding hydrogens is 336 g/mol. The largest absolute Gasteiger partial charge is 0.481 e. The summed E-state index contributed by atoms with van der Waals surface area (Å²) >= 11 is 7.24. The van der Waals surface area contributed by atoms with Crippen LogP contribution >= 0.6 is 22.9 Å². The van der Waals surface area contributed by atoms with Gasteiger partial charge in [0.05, 0.1) is 10.3 Å². The summed E-state index contributed by atoms with van der Waals surface area (Å²) in [5, 5.41) is 8.90. The fourth-order valence-corrected chi connectivity index (χ4v) is 4.54. The van der Waals surface area contributed by atoms with Gasteiger partial charge in [-0.2, -0.15) is 12.7 Å². The molecule has 0 saturated carbocycles. The Morgan fingerprint density at radius 3 is 2.62 bits per heavy atom. The van der Waals surface area contributed by atoms with Crippen LogP contribution in [0, 0.1) is 5.92 Å². The highest BCUT2D eigenvalue weighted by molar-refractivity contribution is 7.87. The molecule has 0 bridgehead atoms. The molecule has 0 radical (unpaired) electrons. The van der Waals surface area contributed by atoms with Crippen LogP contribution in [0.3, 0.4) is 0 Å². The van der Waals surface area contributed by atoms with Crippen LogP contribution in [0.5, 0.6) is 0 Å². The van der Waals surface area contributed by atoms with Gasteiger partial charge in [0.2, 0.25) is 0 Å². The highest BCUT2D eigenvalue weighted by Gasteiger charge is 2.30. The van der Waals surface area contributed by atoms with Crippen molar-refractivity contribution in [3.8, 4) is 0 Å². The molecule has 0 aromatic carbocycles. The average Bonchev–Trinajstić information content (AvgIpc) is 2.84. The third-order valence-electron chi connectivity index (χ3n) is 3.43. The van der Waals surface area contributed by atoms with Crippen LogP contribution in [-0.4, -0.2) is 43.4 Å². The van der Waals surface area contributed by atoms with Crippen molar-refractivity contribution >= 4 is 39.1 Å². The molecule has 0 atom stereocenters. The second-order valence-electron chi connectivity index (χ2n) is 4.87. The molecule has 1 aromatic rings. The Bertz CT molecular complexity index is 594. The fourth-order valence-electron chi connectivity index (χ4n) is 2.22. The summed E-state index contributed by atoms with van der Waals surface area (Å²) in [4.78, 5) is 11.9. The molecule has 21 heavy (non-hydrogen) atoms. The van der Waals surface area contributed by atoms with Crippen molar-refractivity contribution in [3.05, 3.63) is 21.3 Å². The summed E-state index contributed by atoms with van der Waals surface area (Å²) in [5.41, 5.74) is 0. The number of carboxylic acids is 1. The molecule has 1 aliphatic heterocycles. The number of nitrogens with one attached hydrogen (secondary N) is 1. The zero-order valence-corrected chi connectivity index (χ0v) is 13.7. The maximum atomic E-state index is 12.1. The lowest BCUT2D eigenvalue weighted by Gasteiger charge is -2.29. The molecular formula is C12H17ClN2O4S2. The van der Waals surface area contributed by atoms with Crippen molar-refractivity contribution in [2.75, 3.05) is 19.6 Å². The monoisotopic (exact) mass is 352 g/mol. The number of carboxylic acid groups (broad SMARTS) is 1. The van der Waals surface area contributed by atoms with Gasteiger partial charge in [-0.25, -0.2) is 4.72 Å². The Morgan fingerprint density at radius 2 is 2.10 bits per heavy atom. The number of hydrogen-bond acceptors (Lipinski definition) is 4. The first-order valence-electron chi connectivity index (χ1n) is 6.60. The minimum Gasteiger partial charge on any atom is -0.481 e. The first kappa shape index (κ1) is 16.7. The van der Waals surface area contributed by atoms with Crippen molar-refractivity contribution in [1.29, 1.82) is 0 Å². The van der Waals surface area contributed by atoms with Gasteiger partial charge in [0.1, 0.15) is 0 Å². The number of thiophene rings is 1. The van der Waals surface area contributed by atoms with Gasteiger partial charge >= 0.3 is 5.97 Å². The van der Waals surface area contributed by atoms with E-state index in [2.05, 4.69) is 4.72 Å². The highest BCUT2D eigenvalue weighted by atomic mass is 35.5. The molecule has 2 rings (SSSR count). The molecule has 1 fully saturated rings. The second-order valence-corrected chi connectivity index (χ2v) is 8.42. The smallest absolute Gasteiger partial charge is 0.306 e. The van der Waals surface area contributed by atoms with Crippen LogP contribution < -0.4 is 4.72 Å². The van der Waals surface area contributed by atoms with Gasteiger partial charge in [0, 0.05) is 24.5 Å². The molecule has 118 valence electrons. The number of carbonyl (C=O) groups is 1. The highest BCUT2D eigenvalue weighted by Crippen LogP contribution is 2.22. The molecule has 1 aromatic heterocycles. The molecule has 0 amide bonds. The summed E-state index contributed by atoms with van der Waals surface area (Å²) in [7, 11) is -3.53. The Morgan fingerprint density at radius 1 is 1.43 bits per heavy atom. The lowest BCUT2D eigenvalue weighted by atomic mass is 9.99. The summed E-state index contributed by atoms with van der Waals surface area (Å²) < 4.78 is 28.7. The number of nitrogens with zero attached hydrogens (tertiary/aromatic N) is 1. The summed E-state index contributed by atoms with van der Waals surface area (Å²) in [6.07, 6.45) is 1.30. The number of piperidine rings is 1. The molecule has 1 saturated heterocycles. The first-order chi connectivity index (χ1) is 9.88. The topological polar surface area (TPSA) is 86.7 Å². The Hall–Kier alpha value is -0.670. The van der Waals surface area contributed by atoms with Gasteiger partial charge in [-0.05, 0) is 31.4 Å². The quantitative estimate of drug-likeness (QED) is 0.813. The molecule has 2 N–H and O–H groups in total. The van der Waals surface area contributed by atoms with E-state index in [1.807, 2.05) is 6.07 Å². The average molecular weight is 353 g/mol. The van der Waals surface area contributed by atoms with Crippen LogP contribution in [0.1, 0.15) is 17.7 Å². The van der Waals surface area contributed by atoms with Gasteiger partial charge in [0.15, 0.2) is 0 Å². The van der Waals surface area contributed by atoms with Gasteiger partial charge in [-0.3, -0.25) is 4.79 Å². The van der Waals surface area contributed by atoms with Crippen LogP contribution in [0.15, 0.2) is 12.1 Å². The Labute approximate surface area is 132 Å². The van der Waals surface area contributed by atoms with E-state index < -0.39 is 22.1 Å². The van der Waals surface area contributed by atoms with Gasteiger partial charge < -0.3 is 5.11 Å². The zero-order chi connectivity index (χ0) is 15.5. The van der Waals surface area contributed by atoms with Crippen molar-refractivity contribution in [1.82, 2.24) is 9.03 Å². The number of rotatable bonds is 6. The van der Waals surface area contributed by atoms with Crippen LogP contribution in [0.4, 0.5) is 0 Å². The van der Waals surface area contributed by atoms with Crippen molar-refractivity contribution in [3.63, 3.8) is 0 Å². The first-order valence-corrected chi connectivity index (χ1v) is 9.23. The molecule has 6 nitrogen and oxygen atoms in total. The minimum atomic E-state index is -3.53. The molecule has 1 aliphatic rings.